The molecule has 4 aliphatic heterocycles. The summed E-state index contributed by atoms with van der Waals surface area (Å²) < 4.78 is 57.8. The first-order chi connectivity index (χ1) is 42.9. The highest BCUT2D eigenvalue weighted by Gasteiger charge is 2.40. The molecule has 0 N–H and O–H groups in total. The lowest BCUT2D eigenvalue weighted by atomic mass is 9.76. The summed E-state index contributed by atoms with van der Waals surface area (Å²) in [5, 5.41) is 0. The van der Waals surface area contributed by atoms with Gasteiger partial charge in [0.1, 0.15) is 59.4 Å². The molecule has 0 amide bonds. The van der Waals surface area contributed by atoms with Crippen molar-refractivity contribution in [1.82, 2.24) is 0 Å². The van der Waals surface area contributed by atoms with Crippen molar-refractivity contribution in [2.24, 2.45) is 0 Å². The minimum absolute atomic E-state index is 0.0213. The molecule has 0 radical (unpaired) electrons. The van der Waals surface area contributed by atoms with Crippen molar-refractivity contribution in [3.05, 3.63) is 88.3 Å². The maximum Gasteiger partial charge on any atom is 0.231 e. The van der Waals surface area contributed by atoms with Crippen molar-refractivity contribution in [2.45, 2.75) is 308 Å². The van der Waals surface area contributed by atoms with Gasteiger partial charge in [-0.15, -0.1) is 0 Å². The van der Waals surface area contributed by atoms with E-state index in [1.807, 2.05) is 0 Å². The number of unbranched alkanes of at least 4 members (excludes halogenated alkanes) is 32. The Bertz CT molecular complexity index is 2570. The molecular formula is C76H109Br3O8. The molecule has 11 heteroatoms. The molecule has 4 aromatic rings. The Kier molecular flexibility index (Phi) is 28.7. The van der Waals surface area contributed by atoms with Crippen molar-refractivity contribution < 1.29 is 37.9 Å². The van der Waals surface area contributed by atoms with Gasteiger partial charge in [0.05, 0.1) is 0 Å². The van der Waals surface area contributed by atoms with E-state index < -0.39 is 0 Å². The van der Waals surface area contributed by atoms with E-state index >= 15 is 0 Å². The second-order valence-electron chi connectivity index (χ2n) is 26.3. The molecule has 4 atom stereocenters. The lowest BCUT2D eigenvalue weighted by Crippen LogP contribution is -2.23. The van der Waals surface area contributed by atoms with Crippen LogP contribution >= 0.6 is 47.8 Å². The lowest BCUT2D eigenvalue weighted by molar-refractivity contribution is 0.0961. The normalized spacial score (nSPS) is 17.7. The number of ether oxygens (including phenoxy) is 8. The third kappa shape index (κ3) is 18.1. The fourth-order valence-corrected chi connectivity index (χ4v) is 17.0. The van der Waals surface area contributed by atoms with Crippen LogP contribution in [0.3, 0.4) is 0 Å². The van der Waals surface area contributed by atoms with E-state index in [9.17, 15) is 0 Å². The van der Waals surface area contributed by atoms with Gasteiger partial charge in [-0.2, -0.15) is 0 Å². The second kappa shape index (κ2) is 36.7. The molecule has 4 unspecified atom stereocenters. The summed E-state index contributed by atoms with van der Waals surface area (Å²) in [7, 11) is 0. The average molecular weight is 1390 g/mol. The zero-order chi connectivity index (χ0) is 60.6. The van der Waals surface area contributed by atoms with Gasteiger partial charge < -0.3 is 37.9 Å². The van der Waals surface area contributed by atoms with E-state index in [1.165, 1.54) is 250 Å². The third-order valence-electron chi connectivity index (χ3n) is 19.9. The summed E-state index contributed by atoms with van der Waals surface area (Å²) in [4.78, 5) is 0. The van der Waals surface area contributed by atoms with Crippen LogP contribution in [0.25, 0.3) is 0 Å². The standard InChI is InChI=1S/C76H109Br3O8/c1-5-9-13-17-21-25-29-33-37-41-54-58-45-59-55(42-38-34-30-26-22-18-14-10-6-2)61-47-63-57(44-40-36-32-28-24-20-16-12-8-4)65-48-64-56(43-39-35-31-27-23-19-15-11-7-3)62-46-60(54)71-68(77)73(62)84-52-86-75(64)70(79)76(65)87-53-85-74(63)69(78)72(61)83-51-81-67(59)49-66(58)80-50-82-71/h45-49,54-57H,5-44,50-53H2,1-4H3. The Morgan fingerprint density at radius 3 is 0.655 bits per heavy atom. The first kappa shape index (κ1) is 68.1. The molecule has 5 aliphatic rings. The molecule has 482 valence electrons. The molecule has 4 aromatic carbocycles. The summed E-state index contributed by atoms with van der Waals surface area (Å²) >= 11 is 12.8. The van der Waals surface area contributed by atoms with Gasteiger partial charge in [0.15, 0.2) is 0 Å². The highest BCUT2D eigenvalue weighted by atomic mass is 79.9. The molecule has 0 saturated heterocycles. The number of benzene rings is 4. The Morgan fingerprint density at radius 2 is 0.425 bits per heavy atom. The van der Waals surface area contributed by atoms with Crippen LogP contribution in [0.2, 0.25) is 0 Å². The van der Waals surface area contributed by atoms with Crippen LogP contribution in [-0.2, 0) is 0 Å². The largest absolute Gasteiger partial charge is 0.457 e. The van der Waals surface area contributed by atoms with Crippen molar-refractivity contribution in [3.8, 4) is 46.0 Å². The van der Waals surface area contributed by atoms with Gasteiger partial charge in [-0.05, 0) is 97.7 Å². The van der Waals surface area contributed by atoms with Gasteiger partial charge in [0.2, 0.25) is 27.2 Å². The smallest absolute Gasteiger partial charge is 0.231 e. The van der Waals surface area contributed by atoms with Gasteiger partial charge in [0.25, 0.3) is 0 Å². The number of hydrogen-bond acceptors (Lipinski definition) is 8. The maximum atomic E-state index is 6.94. The Labute approximate surface area is 551 Å². The molecule has 0 spiro atoms. The molecule has 1 aliphatic carbocycles. The SMILES string of the molecule is CCCCCCCCCCCC1c2cc3c4cc2OCOc2c1cc1c(c2Br)OCOc2c(cc5c(c2Br)OCOc2c(cc(c(c2Br)OCO4)C3CCCCCCCCCCC)C5CCCCCCCCCCC)C1CCCCCCCCCCC. The molecule has 0 fully saturated rings. The fraction of sp³-hybridized carbons (Fsp3) is 0.684. The summed E-state index contributed by atoms with van der Waals surface area (Å²) in [5.74, 6) is 6.22. The molecular weight excluding hydrogens is 1280 g/mol. The number of rotatable bonds is 40. The first-order valence-corrected chi connectivity index (χ1v) is 38.0. The molecule has 8 nitrogen and oxygen atoms in total. The van der Waals surface area contributed by atoms with Crippen molar-refractivity contribution >= 4 is 47.8 Å². The minimum atomic E-state index is -0.0595. The van der Waals surface area contributed by atoms with Crippen LogP contribution < -0.4 is 37.9 Å². The zero-order valence-corrected chi connectivity index (χ0v) is 59.0. The van der Waals surface area contributed by atoms with Crippen molar-refractivity contribution in [3.63, 3.8) is 0 Å². The number of halogens is 3. The average Bonchev–Trinajstić information content (AvgIpc) is 0.833. The van der Waals surface area contributed by atoms with E-state index in [2.05, 4.69) is 106 Å². The lowest BCUT2D eigenvalue weighted by Gasteiger charge is -2.36. The Balaban J connectivity index is 1.22. The van der Waals surface area contributed by atoms with E-state index in [1.54, 1.807) is 0 Å². The third-order valence-corrected chi connectivity index (χ3v) is 22.0. The monoisotopic (exact) mass is 1390 g/mol. The second-order valence-corrected chi connectivity index (χ2v) is 28.7. The Hall–Kier alpha value is -3.28. The molecule has 0 saturated carbocycles. The summed E-state index contributed by atoms with van der Waals surface area (Å²) in [6.45, 7) is 9.35. The fourth-order valence-electron chi connectivity index (χ4n) is 14.9. The van der Waals surface area contributed by atoms with Gasteiger partial charge in [0, 0.05) is 74.2 Å². The predicted octanol–water partition coefficient (Wildman–Crippen LogP) is 25.4. The van der Waals surface area contributed by atoms with Crippen molar-refractivity contribution in [2.75, 3.05) is 27.2 Å². The van der Waals surface area contributed by atoms with Crippen molar-refractivity contribution in [1.29, 1.82) is 0 Å². The topological polar surface area (TPSA) is 73.8 Å². The minimum Gasteiger partial charge on any atom is -0.457 e. The number of hydrogen-bond donors (Lipinski definition) is 0. The maximum absolute atomic E-state index is 6.94. The molecule has 4 heterocycles. The summed E-state index contributed by atoms with van der Waals surface area (Å²) in [6, 6.07) is 12.2. The molecule has 8 bridgehead atoms. The van der Waals surface area contributed by atoms with Gasteiger partial charge in [-0.1, -0.05) is 259 Å². The van der Waals surface area contributed by atoms with Gasteiger partial charge in [-0.3, -0.25) is 0 Å². The van der Waals surface area contributed by atoms with Crippen LogP contribution in [-0.4, -0.2) is 27.2 Å². The predicted molar refractivity (Wildman–Crippen MR) is 368 cm³/mol. The van der Waals surface area contributed by atoms with Crippen LogP contribution in [0.1, 0.15) is 353 Å². The van der Waals surface area contributed by atoms with E-state index in [-0.39, 0.29) is 50.8 Å². The van der Waals surface area contributed by atoms with E-state index in [0.717, 1.165) is 111 Å². The van der Waals surface area contributed by atoms with E-state index in [4.69, 9.17) is 37.9 Å². The first-order valence-electron chi connectivity index (χ1n) is 35.7. The van der Waals surface area contributed by atoms with Crippen LogP contribution in [0, 0.1) is 0 Å². The molecule has 0 aromatic heterocycles. The summed E-state index contributed by atoms with van der Waals surface area (Å²) in [6.07, 6.45) is 49.3. The summed E-state index contributed by atoms with van der Waals surface area (Å²) in [5.41, 5.74) is 9.51. The quantitative estimate of drug-likeness (QED) is 0.0408. The Morgan fingerprint density at radius 1 is 0.241 bits per heavy atom. The van der Waals surface area contributed by atoms with E-state index in [0.29, 0.717) is 0 Å². The van der Waals surface area contributed by atoms with Crippen LogP contribution in [0.4, 0.5) is 0 Å². The van der Waals surface area contributed by atoms with Gasteiger partial charge in [-0.25, -0.2) is 0 Å². The van der Waals surface area contributed by atoms with Crippen LogP contribution in [0.15, 0.2) is 43.7 Å². The highest BCUT2D eigenvalue weighted by molar-refractivity contribution is 9.11. The highest BCUT2D eigenvalue weighted by Crippen LogP contribution is 2.59. The molecule has 9 rings (SSSR count). The molecule has 87 heavy (non-hydrogen) atoms. The van der Waals surface area contributed by atoms with Crippen LogP contribution in [0.5, 0.6) is 46.0 Å². The van der Waals surface area contributed by atoms with Gasteiger partial charge >= 0.3 is 0 Å². The zero-order valence-electron chi connectivity index (χ0n) is 54.2.